The molecule has 0 aromatic heterocycles. The molecule has 0 fully saturated rings. The molecular formula is C9H11F2NO2. The lowest BCUT2D eigenvalue weighted by Crippen LogP contribution is -2.18. The molecule has 0 aliphatic heterocycles. The molecule has 3 N–H and O–H groups in total. The van der Waals surface area contributed by atoms with Gasteiger partial charge in [0.1, 0.15) is 0 Å². The molecule has 1 atom stereocenters. The molecule has 1 unspecified atom stereocenters. The smallest absolute Gasteiger partial charge is 0.257 e. The number of benzene rings is 1. The third-order valence-corrected chi connectivity index (χ3v) is 1.86. The number of nitrogens with two attached hydrogens (primary N) is 1. The van der Waals surface area contributed by atoms with Crippen molar-refractivity contribution in [2.24, 2.45) is 5.73 Å². The van der Waals surface area contributed by atoms with Gasteiger partial charge in [-0.1, -0.05) is 6.07 Å². The molecule has 0 spiro atoms. The molecule has 0 saturated carbocycles. The number of alkyl halides is 2. The van der Waals surface area contributed by atoms with Gasteiger partial charge in [0.15, 0.2) is 11.5 Å². The average molecular weight is 203 g/mol. The molecule has 0 saturated heterocycles. The lowest BCUT2D eigenvalue weighted by molar-refractivity contribution is 0.116. The van der Waals surface area contributed by atoms with E-state index in [4.69, 9.17) is 10.5 Å². The van der Waals surface area contributed by atoms with E-state index in [1.807, 2.05) is 0 Å². The van der Waals surface area contributed by atoms with Crippen LogP contribution in [-0.4, -0.2) is 18.6 Å². The van der Waals surface area contributed by atoms with Gasteiger partial charge in [0, 0.05) is 0 Å². The second kappa shape index (κ2) is 4.23. The van der Waals surface area contributed by atoms with Gasteiger partial charge in [-0.3, -0.25) is 0 Å². The van der Waals surface area contributed by atoms with Gasteiger partial charge < -0.3 is 15.6 Å². The molecular weight excluding hydrogens is 192 g/mol. The maximum Gasteiger partial charge on any atom is 0.257 e. The van der Waals surface area contributed by atoms with E-state index in [2.05, 4.69) is 0 Å². The van der Waals surface area contributed by atoms with Crippen molar-refractivity contribution >= 4 is 0 Å². The maximum absolute atomic E-state index is 12.2. The van der Waals surface area contributed by atoms with E-state index in [0.717, 1.165) is 0 Å². The molecule has 78 valence electrons. The summed E-state index contributed by atoms with van der Waals surface area (Å²) in [6.07, 6.45) is -2.65. The highest BCUT2D eigenvalue weighted by molar-refractivity contribution is 5.42. The fraction of sp³-hybridized carbons (Fsp3) is 0.333. The Morgan fingerprint density at radius 2 is 2.07 bits per heavy atom. The summed E-state index contributed by atoms with van der Waals surface area (Å²) in [6.45, 7) is 0. The van der Waals surface area contributed by atoms with Crippen LogP contribution in [0.15, 0.2) is 18.2 Å². The predicted molar refractivity (Wildman–Crippen MR) is 47.6 cm³/mol. The standard InChI is InChI=1S/C9H11F2NO2/c1-14-7-3-2-5(4-6(7)13)8(12)9(10)11/h2-4,8-9,13H,12H2,1H3. The first-order valence-corrected chi connectivity index (χ1v) is 3.97. The second-order valence-electron chi connectivity index (χ2n) is 2.79. The largest absolute Gasteiger partial charge is 0.504 e. The minimum Gasteiger partial charge on any atom is -0.504 e. The van der Waals surface area contributed by atoms with E-state index < -0.39 is 12.5 Å². The van der Waals surface area contributed by atoms with Crippen molar-refractivity contribution in [3.8, 4) is 11.5 Å². The van der Waals surface area contributed by atoms with Crippen molar-refractivity contribution < 1.29 is 18.6 Å². The molecule has 14 heavy (non-hydrogen) atoms. The molecule has 0 heterocycles. The zero-order valence-corrected chi connectivity index (χ0v) is 7.58. The van der Waals surface area contributed by atoms with Crippen LogP contribution in [0.25, 0.3) is 0 Å². The highest BCUT2D eigenvalue weighted by Crippen LogP contribution is 2.29. The van der Waals surface area contributed by atoms with Crippen molar-refractivity contribution in [1.82, 2.24) is 0 Å². The number of aromatic hydroxyl groups is 1. The number of methoxy groups -OCH3 is 1. The van der Waals surface area contributed by atoms with Crippen LogP contribution in [0.2, 0.25) is 0 Å². The van der Waals surface area contributed by atoms with Gasteiger partial charge in [-0.25, -0.2) is 8.78 Å². The Morgan fingerprint density at radius 1 is 1.43 bits per heavy atom. The Labute approximate surface area is 80.1 Å². The van der Waals surface area contributed by atoms with Gasteiger partial charge in [0.2, 0.25) is 0 Å². The van der Waals surface area contributed by atoms with Crippen LogP contribution in [0.1, 0.15) is 11.6 Å². The molecule has 1 aromatic rings. The van der Waals surface area contributed by atoms with Crippen molar-refractivity contribution in [3.63, 3.8) is 0 Å². The summed E-state index contributed by atoms with van der Waals surface area (Å²) < 4.78 is 29.1. The van der Waals surface area contributed by atoms with Gasteiger partial charge in [0.25, 0.3) is 6.43 Å². The Kier molecular flexibility index (Phi) is 3.24. The third-order valence-electron chi connectivity index (χ3n) is 1.86. The summed E-state index contributed by atoms with van der Waals surface area (Å²) in [4.78, 5) is 0. The summed E-state index contributed by atoms with van der Waals surface area (Å²) in [7, 11) is 1.38. The minimum absolute atomic E-state index is 0.179. The molecule has 0 amide bonds. The molecule has 3 nitrogen and oxygen atoms in total. The van der Waals surface area contributed by atoms with Crippen molar-refractivity contribution in [2.75, 3.05) is 7.11 Å². The number of hydrogen-bond donors (Lipinski definition) is 2. The highest BCUT2D eigenvalue weighted by atomic mass is 19.3. The van der Waals surface area contributed by atoms with Gasteiger partial charge in [-0.2, -0.15) is 0 Å². The Bertz CT molecular complexity index is 318. The predicted octanol–water partition coefficient (Wildman–Crippen LogP) is 1.67. The normalized spacial score (nSPS) is 12.9. The monoisotopic (exact) mass is 203 g/mol. The molecule has 0 radical (unpaired) electrons. The maximum atomic E-state index is 12.2. The zero-order chi connectivity index (χ0) is 10.7. The first-order valence-electron chi connectivity index (χ1n) is 3.97. The van der Waals surface area contributed by atoms with Gasteiger partial charge in [-0.05, 0) is 17.7 Å². The van der Waals surface area contributed by atoms with Crippen LogP contribution in [0.5, 0.6) is 11.5 Å². The van der Waals surface area contributed by atoms with Crippen LogP contribution in [-0.2, 0) is 0 Å². The summed E-state index contributed by atoms with van der Waals surface area (Å²) in [5.74, 6) is 0.0383. The molecule has 5 heteroatoms. The van der Waals surface area contributed by atoms with Crippen molar-refractivity contribution in [2.45, 2.75) is 12.5 Å². The van der Waals surface area contributed by atoms with Crippen molar-refractivity contribution in [3.05, 3.63) is 23.8 Å². The second-order valence-corrected chi connectivity index (χ2v) is 2.79. The molecule has 0 bridgehead atoms. The summed E-state index contributed by atoms with van der Waals surface area (Å²) >= 11 is 0. The Hall–Kier alpha value is -1.36. The summed E-state index contributed by atoms with van der Waals surface area (Å²) in [5.41, 5.74) is 5.38. The van der Waals surface area contributed by atoms with Crippen LogP contribution < -0.4 is 10.5 Å². The number of ether oxygens (including phenoxy) is 1. The van der Waals surface area contributed by atoms with Gasteiger partial charge in [0.05, 0.1) is 13.2 Å². The number of hydrogen-bond acceptors (Lipinski definition) is 3. The van der Waals surface area contributed by atoms with Crippen molar-refractivity contribution in [1.29, 1.82) is 0 Å². The Morgan fingerprint density at radius 3 is 2.50 bits per heavy atom. The number of halogens is 2. The van der Waals surface area contributed by atoms with Crippen LogP contribution in [0.4, 0.5) is 8.78 Å². The quantitative estimate of drug-likeness (QED) is 0.785. The van der Waals surface area contributed by atoms with E-state index in [0.29, 0.717) is 0 Å². The van der Waals surface area contributed by atoms with E-state index in [1.165, 1.54) is 25.3 Å². The van der Waals surface area contributed by atoms with Crippen LogP contribution >= 0.6 is 0 Å². The summed E-state index contributed by atoms with van der Waals surface area (Å²) in [6, 6.07) is 2.59. The van der Waals surface area contributed by atoms with E-state index in [1.54, 1.807) is 0 Å². The average Bonchev–Trinajstić information content (AvgIpc) is 2.16. The topological polar surface area (TPSA) is 55.5 Å². The summed E-state index contributed by atoms with van der Waals surface area (Å²) in [5, 5.41) is 9.30. The first-order chi connectivity index (χ1) is 6.56. The number of phenols is 1. The lowest BCUT2D eigenvalue weighted by Gasteiger charge is -2.12. The van der Waals surface area contributed by atoms with Crippen LogP contribution in [0, 0.1) is 0 Å². The highest BCUT2D eigenvalue weighted by Gasteiger charge is 2.18. The first kappa shape index (κ1) is 10.7. The lowest BCUT2D eigenvalue weighted by atomic mass is 10.1. The van der Waals surface area contributed by atoms with E-state index in [9.17, 15) is 13.9 Å². The Balaban J connectivity index is 2.96. The zero-order valence-electron chi connectivity index (χ0n) is 7.58. The van der Waals surface area contributed by atoms with Crippen LogP contribution in [0.3, 0.4) is 0 Å². The van der Waals surface area contributed by atoms with Gasteiger partial charge >= 0.3 is 0 Å². The molecule has 1 rings (SSSR count). The molecule has 0 aliphatic rings. The number of phenolic OH excluding ortho intramolecular Hbond substituents is 1. The van der Waals surface area contributed by atoms with E-state index in [-0.39, 0.29) is 17.1 Å². The van der Waals surface area contributed by atoms with Gasteiger partial charge in [-0.15, -0.1) is 0 Å². The number of rotatable bonds is 3. The fourth-order valence-corrected chi connectivity index (χ4v) is 1.06. The van der Waals surface area contributed by atoms with E-state index >= 15 is 0 Å². The minimum atomic E-state index is -2.65. The molecule has 1 aromatic carbocycles. The molecule has 0 aliphatic carbocycles. The third kappa shape index (κ3) is 2.11. The SMILES string of the molecule is COc1ccc(C(N)C(F)F)cc1O. The fourth-order valence-electron chi connectivity index (χ4n) is 1.06.